The zero-order chi connectivity index (χ0) is 15.9. The average Bonchev–Trinajstić information content (AvgIpc) is 2.54. The molecule has 0 spiro atoms. The molecule has 0 aliphatic rings. The Balaban J connectivity index is 2.03. The summed E-state index contributed by atoms with van der Waals surface area (Å²) >= 11 is 3.26. The third-order valence-electron chi connectivity index (χ3n) is 2.85. The highest BCUT2D eigenvalue weighted by molar-refractivity contribution is 9.10. The van der Waals surface area contributed by atoms with Gasteiger partial charge in [0.2, 0.25) is 0 Å². The first-order valence-electron chi connectivity index (χ1n) is 6.62. The standard InChI is InChI=1S/C17H15BrN2O2/c1-12(7-8-13-5-3-2-4-6-13)19-20-17(22)15-11-14(18)9-10-16(15)21/h2-11,21H,1H3,(H,20,22)/b8-7+,19-12-. The van der Waals surface area contributed by atoms with Crippen molar-refractivity contribution in [3.63, 3.8) is 0 Å². The Bertz CT molecular complexity index is 725. The average molecular weight is 359 g/mol. The van der Waals surface area contributed by atoms with E-state index in [1.54, 1.807) is 19.1 Å². The maximum atomic E-state index is 12.0. The van der Waals surface area contributed by atoms with Crippen molar-refractivity contribution in [3.05, 3.63) is 70.2 Å². The van der Waals surface area contributed by atoms with Crippen molar-refractivity contribution in [2.45, 2.75) is 6.92 Å². The fourth-order valence-corrected chi connectivity index (χ4v) is 2.07. The van der Waals surface area contributed by atoms with Crippen molar-refractivity contribution in [1.82, 2.24) is 5.43 Å². The minimum Gasteiger partial charge on any atom is -0.507 e. The van der Waals surface area contributed by atoms with E-state index in [2.05, 4.69) is 26.5 Å². The molecule has 112 valence electrons. The Labute approximate surface area is 137 Å². The van der Waals surface area contributed by atoms with Crippen LogP contribution in [0.5, 0.6) is 5.75 Å². The predicted molar refractivity (Wildman–Crippen MR) is 91.9 cm³/mol. The highest BCUT2D eigenvalue weighted by Gasteiger charge is 2.10. The lowest BCUT2D eigenvalue weighted by atomic mass is 10.2. The van der Waals surface area contributed by atoms with E-state index < -0.39 is 5.91 Å². The summed E-state index contributed by atoms with van der Waals surface area (Å²) in [5.41, 5.74) is 4.28. The summed E-state index contributed by atoms with van der Waals surface area (Å²) in [6.45, 7) is 1.78. The molecule has 0 saturated heterocycles. The van der Waals surface area contributed by atoms with Crippen LogP contribution in [-0.4, -0.2) is 16.7 Å². The second-order valence-corrected chi connectivity index (χ2v) is 5.52. The van der Waals surface area contributed by atoms with E-state index in [9.17, 15) is 9.90 Å². The Kier molecular flexibility index (Phi) is 5.49. The third-order valence-corrected chi connectivity index (χ3v) is 3.35. The number of carbonyl (C=O) groups is 1. The summed E-state index contributed by atoms with van der Waals surface area (Å²) in [5, 5.41) is 13.7. The molecule has 0 atom stereocenters. The number of amides is 1. The van der Waals surface area contributed by atoms with Gasteiger partial charge in [-0.25, -0.2) is 5.43 Å². The summed E-state index contributed by atoms with van der Waals surface area (Å²) in [6.07, 6.45) is 3.71. The zero-order valence-electron chi connectivity index (χ0n) is 12.0. The molecule has 4 nitrogen and oxygen atoms in total. The van der Waals surface area contributed by atoms with Gasteiger partial charge >= 0.3 is 0 Å². The van der Waals surface area contributed by atoms with E-state index in [1.807, 2.05) is 36.4 Å². The Morgan fingerprint density at radius 3 is 2.68 bits per heavy atom. The van der Waals surface area contributed by atoms with E-state index >= 15 is 0 Å². The summed E-state index contributed by atoms with van der Waals surface area (Å²) in [6, 6.07) is 14.4. The van der Waals surface area contributed by atoms with Crippen LogP contribution in [0.1, 0.15) is 22.8 Å². The van der Waals surface area contributed by atoms with Gasteiger partial charge in [-0.05, 0) is 36.8 Å². The lowest BCUT2D eigenvalue weighted by molar-refractivity contribution is 0.0952. The number of nitrogens with one attached hydrogen (secondary N) is 1. The van der Waals surface area contributed by atoms with Crippen molar-refractivity contribution < 1.29 is 9.90 Å². The summed E-state index contributed by atoms with van der Waals surface area (Å²) in [5.74, 6) is -0.556. The molecule has 2 rings (SSSR count). The number of nitrogens with zero attached hydrogens (tertiary/aromatic N) is 1. The van der Waals surface area contributed by atoms with Crippen LogP contribution in [0.3, 0.4) is 0 Å². The number of hydrogen-bond acceptors (Lipinski definition) is 3. The fourth-order valence-electron chi connectivity index (χ4n) is 1.71. The van der Waals surface area contributed by atoms with E-state index in [4.69, 9.17) is 0 Å². The Morgan fingerprint density at radius 1 is 1.23 bits per heavy atom. The predicted octanol–water partition coefficient (Wildman–Crippen LogP) is 3.97. The first kappa shape index (κ1) is 16.0. The second kappa shape index (κ2) is 7.56. The molecule has 0 bridgehead atoms. The van der Waals surface area contributed by atoms with Gasteiger partial charge in [-0.1, -0.05) is 52.3 Å². The smallest absolute Gasteiger partial charge is 0.275 e. The topological polar surface area (TPSA) is 61.7 Å². The lowest BCUT2D eigenvalue weighted by Gasteiger charge is -2.04. The van der Waals surface area contributed by atoms with Crippen molar-refractivity contribution in [2.24, 2.45) is 5.10 Å². The number of carbonyl (C=O) groups excluding carboxylic acids is 1. The number of hydrazone groups is 1. The van der Waals surface area contributed by atoms with Gasteiger partial charge in [0, 0.05) is 4.47 Å². The number of allylic oxidation sites excluding steroid dienone is 1. The molecule has 0 unspecified atom stereocenters. The monoisotopic (exact) mass is 358 g/mol. The highest BCUT2D eigenvalue weighted by Crippen LogP contribution is 2.21. The van der Waals surface area contributed by atoms with Gasteiger partial charge < -0.3 is 5.11 Å². The molecule has 0 saturated carbocycles. The van der Waals surface area contributed by atoms with Crippen molar-refractivity contribution in [2.75, 3.05) is 0 Å². The van der Waals surface area contributed by atoms with E-state index in [-0.39, 0.29) is 11.3 Å². The van der Waals surface area contributed by atoms with Gasteiger partial charge in [0.05, 0.1) is 11.3 Å². The number of phenols is 1. The van der Waals surface area contributed by atoms with Crippen LogP contribution in [0.4, 0.5) is 0 Å². The maximum Gasteiger partial charge on any atom is 0.275 e. The summed E-state index contributed by atoms with van der Waals surface area (Å²) < 4.78 is 0.708. The molecule has 5 heteroatoms. The van der Waals surface area contributed by atoms with Crippen molar-refractivity contribution in [1.29, 1.82) is 0 Å². The number of phenolic OH excluding ortho intramolecular Hbond substituents is 1. The number of halogens is 1. The number of hydrogen-bond donors (Lipinski definition) is 2. The van der Waals surface area contributed by atoms with Gasteiger partial charge in [-0.2, -0.15) is 5.10 Å². The molecule has 0 radical (unpaired) electrons. The zero-order valence-corrected chi connectivity index (χ0v) is 13.5. The third kappa shape index (κ3) is 4.56. The van der Waals surface area contributed by atoms with Crippen LogP contribution in [0.25, 0.3) is 6.08 Å². The molecule has 0 aromatic heterocycles. The van der Waals surface area contributed by atoms with E-state index in [0.717, 1.165) is 5.56 Å². The van der Waals surface area contributed by atoms with Gasteiger partial charge in [-0.15, -0.1) is 0 Å². The number of benzene rings is 2. The maximum absolute atomic E-state index is 12.0. The minimum absolute atomic E-state index is 0.0895. The van der Waals surface area contributed by atoms with Crippen molar-refractivity contribution in [3.8, 4) is 5.75 Å². The van der Waals surface area contributed by atoms with Gasteiger partial charge in [0.15, 0.2) is 0 Å². The molecule has 0 aliphatic heterocycles. The lowest BCUT2D eigenvalue weighted by Crippen LogP contribution is -2.18. The van der Waals surface area contributed by atoms with Crippen LogP contribution in [-0.2, 0) is 0 Å². The van der Waals surface area contributed by atoms with E-state index in [0.29, 0.717) is 10.2 Å². The first-order valence-corrected chi connectivity index (χ1v) is 7.42. The highest BCUT2D eigenvalue weighted by atomic mass is 79.9. The first-order chi connectivity index (χ1) is 10.6. The summed E-state index contributed by atoms with van der Waals surface area (Å²) in [4.78, 5) is 12.0. The number of rotatable bonds is 4. The molecule has 2 N–H and O–H groups in total. The molecule has 0 fully saturated rings. The molecule has 2 aromatic carbocycles. The quantitative estimate of drug-likeness (QED) is 0.641. The molecular formula is C17H15BrN2O2. The molecule has 2 aromatic rings. The Morgan fingerprint density at radius 2 is 1.95 bits per heavy atom. The van der Waals surface area contributed by atoms with Crippen molar-refractivity contribution >= 4 is 33.6 Å². The molecule has 0 heterocycles. The normalized spacial score (nSPS) is 11.6. The van der Waals surface area contributed by atoms with E-state index in [1.165, 1.54) is 12.1 Å². The minimum atomic E-state index is -0.466. The van der Waals surface area contributed by atoms with Gasteiger partial charge in [0.25, 0.3) is 5.91 Å². The molecule has 0 aliphatic carbocycles. The Hall–Kier alpha value is -2.40. The van der Waals surface area contributed by atoms with Crippen LogP contribution < -0.4 is 5.43 Å². The van der Waals surface area contributed by atoms with Gasteiger partial charge in [-0.3, -0.25) is 4.79 Å². The second-order valence-electron chi connectivity index (χ2n) is 4.60. The van der Waals surface area contributed by atoms with Crippen LogP contribution >= 0.6 is 15.9 Å². The summed E-state index contributed by atoms with van der Waals surface area (Å²) in [7, 11) is 0. The largest absolute Gasteiger partial charge is 0.507 e. The number of aromatic hydroxyl groups is 1. The van der Waals surface area contributed by atoms with Gasteiger partial charge in [0.1, 0.15) is 5.75 Å². The van der Waals surface area contributed by atoms with Crippen LogP contribution in [0.15, 0.2) is 64.2 Å². The molecule has 1 amide bonds. The SMILES string of the molecule is CC(/C=C/c1ccccc1)=N/NC(=O)c1cc(Br)ccc1O. The molecule has 22 heavy (non-hydrogen) atoms. The molecular weight excluding hydrogens is 344 g/mol. The van der Waals surface area contributed by atoms with Crippen LogP contribution in [0.2, 0.25) is 0 Å². The fraction of sp³-hybridized carbons (Fsp3) is 0.0588. The van der Waals surface area contributed by atoms with Crippen LogP contribution in [0, 0.1) is 0 Å².